The zero-order valence-electron chi connectivity index (χ0n) is 13.1. The second-order valence-corrected chi connectivity index (χ2v) is 6.39. The molecule has 1 saturated heterocycles. The SMILES string of the molecule is CN(C)C(=O)C1(NC(=O)/C=C/CN2CCCC2)CC(F)(F)C1. The molecule has 0 unspecified atom stereocenters. The van der Waals surface area contributed by atoms with Gasteiger partial charge in [0, 0.05) is 39.6 Å². The van der Waals surface area contributed by atoms with Crippen LogP contribution in [0.1, 0.15) is 25.7 Å². The van der Waals surface area contributed by atoms with Crippen molar-refractivity contribution in [3.05, 3.63) is 12.2 Å². The molecule has 1 N–H and O–H groups in total. The van der Waals surface area contributed by atoms with Gasteiger partial charge in [-0.2, -0.15) is 0 Å². The van der Waals surface area contributed by atoms with Crippen LogP contribution >= 0.6 is 0 Å². The minimum atomic E-state index is -2.89. The van der Waals surface area contributed by atoms with Crippen LogP contribution in [0.25, 0.3) is 0 Å². The van der Waals surface area contributed by atoms with Crippen molar-refractivity contribution in [3.63, 3.8) is 0 Å². The van der Waals surface area contributed by atoms with Crippen LogP contribution in [0.5, 0.6) is 0 Å². The Labute approximate surface area is 129 Å². The number of hydrogen-bond acceptors (Lipinski definition) is 3. The minimum absolute atomic E-state index is 0.486. The van der Waals surface area contributed by atoms with Crippen molar-refractivity contribution in [1.82, 2.24) is 15.1 Å². The summed E-state index contributed by atoms with van der Waals surface area (Å²) in [7, 11) is 2.99. The van der Waals surface area contributed by atoms with Gasteiger partial charge in [0.25, 0.3) is 5.92 Å². The van der Waals surface area contributed by atoms with Crippen LogP contribution in [0.2, 0.25) is 0 Å². The van der Waals surface area contributed by atoms with Gasteiger partial charge in [0.15, 0.2) is 0 Å². The van der Waals surface area contributed by atoms with E-state index in [1.807, 2.05) is 0 Å². The predicted octanol–water partition coefficient (Wildman–Crippen LogP) is 1.01. The van der Waals surface area contributed by atoms with Gasteiger partial charge in [0.1, 0.15) is 5.54 Å². The first kappa shape index (κ1) is 16.9. The number of carbonyl (C=O) groups is 2. The Hall–Kier alpha value is -1.50. The molecule has 0 aromatic rings. The van der Waals surface area contributed by atoms with Crippen molar-refractivity contribution < 1.29 is 18.4 Å². The number of halogens is 2. The first-order valence-corrected chi connectivity index (χ1v) is 7.55. The number of nitrogens with one attached hydrogen (secondary N) is 1. The van der Waals surface area contributed by atoms with E-state index in [9.17, 15) is 18.4 Å². The third-order valence-electron chi connectivity index (χ3n) is 4.13. The van der Waals surface area contributed by atoms with Crippen molar-refractivity contribution in [3.8, 4) is 0 Å². The van der Waals surface area contributed by atoms with Crippen LogP contribution in [0.15, 0.2) is 12.2 Å². The maximum atomic E-state index is 13.2. The lowest BCUT2D eigenvalue weighted by Gasteiger charge is -2.47. The summed E-state index contributed by atoms with van der Waals surface area (Å²) in [4.78, 5) is 27.5. The van der Waals surface area contributed by atoms with Crippen molar-refractivity contribution in [1.29, 1.82) is 0 Å². The summed E-state index contributed by atoms with van der Waals surface area (Å²) in [5.74, 6) is -3.87. The van der Waals surface area contributed by atoms with Crippen LogP contribution in [0.3, 0.4) is 0 Å². The largest absolute Gasteiger partial charge is 0.347 e. The highest BCUT2D eigenvalue weighted by Gasteiger charge is 2.62. The molecule has 22 heavy (non-hydrogen) atoms. The molecule has 1 heterocycles. The Morgan fingerprint density at radius 1 is 1.23 bits per heavy atom. The van der Waals surface area contributed by atoms with Crippen LogP contribution in [-0.2, 0) is 9.59 Å². The molecule has 2 amide bonds. The lowest BCUT2D eigenvalue weighted by molar-refractivity contribution is -0.171. The summed E-state index contributed by atoms with van der Waals surface area (Å²) >= 11 is 0. The molecule has 2 fully saturated rings. The quantitative estimate of drug-likeness (QED) is 0.771. The predicted molar refractivity (Wildman–Crippen MR) is 78.6 cm³/mol. The van der Waals surface area contributed by atoms with Gasteiger partial charge >= 0.3 is 0 Å². The maximum absolute atomic E-state index is 13.2. The summed E-state index contributed by atoms with van der Waals surface area (Å²) < 4.78 is 26.4. The standard InChI is InChI=1S/C15H23F2N3O2/c1-19(2)13(22)14(10-15(16,17)11-14)18-12(21)6-5-9-20-7-3-4-8-20/h5-6H,3-4,7-11H2,1-2H3,(H,18,21)/b6-5+. The molecule has 1 aliphatic carbocycles. The topological polar surface area (TPSA) is 52.7 Å². The summed E-state index contributed by atoms with van der Waals surface area (Å²) in [6.07, 6.45) is 4.10. The van der Waals surface area contributed by atoms with Crippen molar-refractivity contribution in [2.75, 3.05) is 33.7 Å². The lowest BCUT2D eigenvalue weighted by atomic mass is 9.72. The van der Waals surface area contributed by atoms with Gasteiger partial charge in [-0.05, 0) is 25.9 Å². The number of likely N-dealkylation sites (N-methyl/N-ethyl adjacent to an activating group) is 1. The van der Waals surface area contributed by atoms with Crippen LogP contribution in [0, 0.1) is 0 Å². The molecule has 1 saturated carbocycles. The molecule has 0 aromatic heterocycles. The Bertz CT molecular complexity index is 463. The highest BCUT2D eigenvalue weighted by Crippen LogP contribution is 2.46. The van der Waals surface area contributed by atoms with Gasteiger partial charge < -0.3 is 10.2 Å². The molecule has 0 radical (unpaired) electrons. The van der Waals surface area contributed by atoms with E-state index < -0.39 is 36.1 Å². The number of amides is 2. The van der Waals surface area contributed by atoms with Crippen LogP contribution < -0.4 is 5.32 Å². The molecule has 2 aliphatic rings. The molecule has 0 aromatic carbocycles. The molecule has 0 spiro atoms. The molecule has 0 bridgehead atoms. The highest BCUT2D eigenvalue weighted by molar-refractivity contribution is 5.96. The molecule has 7 heteroatoms. The fourth-order valence-corrected chi connectivity index (χ4v) is 3.10. The third-order valence-corrected chi connectivity index (χ3v) is 4.13. The van der Waals surface area contributed by atoms with Gasteiger partial charge in [0.05, 0.1) is 0 Å². The molecule has 5 nitrogen and oxygen atoms in total. The van der Waals surface area contributed by atoms with E-state index >= 15 is 0 Å². The first-order chi connectivity index (χ1) is 10.2. The first-order valence-electron chi connectivity index (χ1n) is 7.55. The van der Waals surface area contributed by atoms with Gasteiger partial charge in [-0.15, -0.1) is 0 Å². The Morgan fingerprint density at radius 2 is 1.82 bits per heavy atom. The number of likely N-dealkylation sites (tertiary alicyclic amines) is 1. The second-order valence-electron chi connectivity index (χ2n) is 6.39. The molecule has 0 atom stereocenters. The average Bonchev–Trinajstić information content (AvgIpc) is 2.88. The fourth-order valence-electron chi connectivity index (χ4n) is 3.10. The molecule has 124 valence electrons. The fraction of sp³-hybridized carbons (Fsp3) is 0.733. The Balaban J connectivity index is 1.91. The number of carbonyl (C=O) groups excluding carboxylic acids is 2. The van der Waals surface area contributed by atoms with E-state index in [-0.39, 0.29) is 0 Å². The molecule has 2 rings (SSSR count). The van der Waals surface area contributed by atoms with E-state index in [4.69, 9.17) is 0 Å². The minimum Gasteiger partial charge on any atom is -0.347 e. The molecule has 1 aliphatic heterocycles. The van der Waals surface area contributed by atoms with Gasteiger partial charge in [-0.1, -0.05) is 6.08 Å². The smallest absolute Gasteiger partial charge is 0.253 e. The summed E-state index contributed by atoms with van der Waals surface area (Å²) in [5, 5.41) is 2.48. The lowest BCUT2D eigenvalue weighted by Crippen LogP contribution is -2.69. The van der Waals surface area contributed by atoms with Crippen molar-refractivity contribution >= 4 is 11.8 Å². The van der Waals surface area contributed by atoms with Crippen molar-refractivity contribution in [2.45, 2.75) is 37.1 Å². The van der Waals surface area contributed by atoms with E-state index in [1.165, 1.54) is 25.1 Å². The number of alkyl halides is 2. The highest BCUT2D eigenvalue weighted by atomic mass is 19.3. The van der Waals surface area contributed by atoms with Gasteiger partial charge in [0.2, 0.25) is 11.8 Å². The van der Waals surface area contributed by atoms with E-state index in [1.54, 1.807) is 6.08 Å². The Morgan fingerprint density at radius 3 is 2.32 bits per heavy atom. The third kappa shape index (κ3) is 3.82. The zero-order valence-corrected chi connectivity index (χ0v) is 13.1. The van der Waals surface area contributed by atoms with E-state index in [0.29, 0.717) is 6.54 Å². The molecular formula is C15H23F2N3O2. The number of hydrogen-bond donors (Lipinski definition) is 1. The molecular weight excluding hydrogens is 292 g/mol. The van der Waals surface area contributed by atoms with Gasteiger partial charge in [-0.3, -0.25) is 14.5 Å². The van der Waals surface area contributed by atoms with E-state index in [0.717, 1.165) is 25.9 Å². The average molecular weight is 315 g/mol. The van der Waals surface area contributed by atoms with Crippen molar-refractivity contribution in [2.24, 2.45) is 0 Å². The number of rotatable bonds is 5. The van der Waals surface area contributed by atoms with Gasteiger partial charge in [-0.25, -0.2) is 8.78 Å². The Kier molecular flexibility index (Phi) is 4.84. The summed E-state index contributed by atoms with van der Waals surface area (Å²) in [5.41, 5.74) is -1.47. The second kappa shape index (κ2) is 6.32. The zero-order chi connectivity index (χ0) is 16.4. The van der Waals surface area contributed by atoms with Crippen LogP contribution in [0.4, 0.5) is 8.78 Å². The van der Waals surface area contributed by atoms with Crippen LogP contribution in [-0.4, -0.2) is 66.8 Å². The maximum Gasteiger partial charge on any atom is 0.253 e. The monoisotopic (exact) mass is 315 g/mol. The summed E-state index contributed by atoms with van der Waals surface area (Å²) in [6, 6.07) is 0. The number of nitrogens with zero attached hydrogens (tertiary/aromatic N) is 2. The summed E-state index contributed by atoms with van der Waals surface area (Å²) in [6.45, 7) is 2.70. The van der Waals surface area contributed by atoms with E-state index in [2.05, 4.69) is 10.2 Å². The normalized spacial score (nSPS) is 23.3.